The molecule has 88 valence electrons. The zero-order valence-electron chi connectivity index (χ0n) is 9.20. The quantitative estimate of drug-likeness (QED) is 0.672. The van der Waals surface area contributed by atoms with Gasteiger partial charge in [-0.3, -0.25) is 0 Å². The minimum atomic E-state index is -4.30. The van der Waals surface area contributed by atoms with Crippen LogP contribution in [0.5, 0.6) is 0 Å². The third-order valence-corrected chi connectivity index (χ3v) is 2.53. The van der Waals surface area contributed by atoms with E-state index in [0.29, 0.717) is 0 Å². The van der Waals surface area contributed by atoms with Crippen LogP contribution in [0.3, 0.4) is 0 Å². The number of aromatic nitrogens is 1. The Kier molecular flexibility index (Phi) is 2.88. The topological polar surface area (TPSA) is 3.88 Å². The Balaban J connectivity index is 2.46. The Morgan fingerprint density at radius 3 is 2.12 bits per heavy atom. The summed E-state index contributed by atoms with van der Waals surface area (Å²) < 4.78 is 39.0. The third-order valence-electron chi connectivity index (χ3n) is 2.53. The molecule has 2 rings (SSSR count). The first-order valence-corrected chi connectivity index (χ1v) is 5.11. The minimum Gasteiger partial charge on any atom is -0.200 e. The van der Waals surface area contributed by atoms with Crippen LogP contribution in [0.25, 0.3) is 11.3 Å². The maximum atomic E-state index is 12.5. The summed E-state index contributed by atoms with van der Waals surface area (Å²) in [5.41, 5.74) is 1.00. The minimum absolute atomic E-state index is 0.639. The van der Waals surface area contributed by atoms with E-state index in [1.807, 2.05) is 30.3 Å². The van der Waals surface area contributed by atoms with E-state index in [9.17, 15) is 13.2 Å². The molecule has 0 aliphatic rings. The highest BCUT2D eigenvalue weighted by atomic mass is 19.4. The summed E-state index contributed by atoms with van der Waals surface area (Å²) >= 11 is 0. The molecule has 0 aliphatic carbocycles. The number of aryl methyl sites for hydroxylation is 1. The summed E-state index contributed by atoms with van der Waals surface area (Å²) in [6.45, 7) is 0. The Hall–Kier alpha value is -1.84. The molecule has 0 aliphatic heterocycles. The molecule has 0 N–H and O–H groups in total. The van der Waals surface area contributed by atoms with Gasteiger partial charge in [0.2, 0.25) is 5.69 Å². The second kappa shape index (κ2) is 4.20. The van der Waals surface area contributed by atoms with Gasteiger partial charge in [-0.1, -0.05) is 18.2 Å². The van der Waals surface area contributed by atoms with Gasteiger partial charge in [0.15, 0.2) is 6.20 Å². The lowest BCUT2D eigenvalue weighted by atomic mass is 10.1. The van der Waals surface area contributed by atoms with Crippen molar-refractivity contribution in [3.05, 3.63) is 54.2 Å². The van der Waals surface area contributed by atoms with Crippen LogP contribution in [0.4, 0.5) is 13.2 Å². The summed E-state index contributed by atoms with van der Waals surface area (Å²) in [4.78, 5) is 0. The molecule has 17 heavy (non-hydrogen) atoms. The average Bonchev–Trinajstić information content (AvgIpc) is 2.29. The van der Waals surface area contributed by atoms with Crippen molar-refractivity contribution in [2.75, 3.05) is 0 Å². The Morgan fingerprint density at radius 2 is 1.59 bits per heavy atom. The van der Waals surface area contributed by atoms with Gasteiger partial charge in [-0.25, -0.2) is 4.57 Å². The number of hydrogen-bond acceptors (Lipinski definition) is 0. The van der Waals surface area contributed by atoms with Gasteiger partial charge < -0.3 is 0 Å². The highest BCUT2D eigenvalue weighted by Crippen LogP contribution is 2.28. The smallest absolute Gasteiger partial charge is 0.200 e. The lowest BCUT2D eigenvalue weighted by Crippen LogP contribution is -2.32. The van der Waals surface area contributed by atoms with Crippen molar-refractivity contribution in [2.24, 2.45) is 7.05 Å². The van der Waals surface area contributed by atoms with Crippen LogP contribution in [0.2, 0.25) is 0 Å². The molecular formula is C13H11F3N+. The first-order valence-electron chi connectivity index (χ1n) is 5.11. The molecule has 1 aromatic heterocycles. The molecular weight excluding hydrogens is 227 g/mol. The average molecular weight is 238 g/mol. The number of halogens is 3. The van der Waals surface area contributed by atoms with Crippen molar-refractivity contribution in [1.82, 2.24) is 0 Å². The summed E-state index contributed by atoms with van der Waals surface area (Å²) in [5, 5.41) is 0. The van der Waals surface area contributed by atoms with Gasteiger partial charge in [0.05, 0.1) is 0 Å². The van der Waals surface area contributed by atoms with Gasteiger partial charge in [-0.05, 0) is 18.2 Å². The molecule has 0 atom stereocenters. The van der Waals surface area contributed by atoms with Gasteiger partial charge in [-0.2, -0.15) is 13.2 Å². The van der Waals surface area contributed by atoms with E-state index in [4.69, 9.17) is 0 Å². The standard InChI is InChI=1S/C13H11F3N/c1-17-9-11(13(14,15)16)7-8-12(17)10-5-3-2-4-6-10/h2-9H,1H3/q+1. The van der Waals surface area contributed by atoms with E-state index in [0.717, 1.165) is 23.5 Å². The zero-order chi connectivity index (χ0) is 12.5. The number of nitrogens with zero attached hydrogens (tertiary/aromatic N) is 1. The lowest BCUT2D eigenvalue weighted by molar-refractivity contribution is -0.661. The van der Waals surface area contributed by atoms with Crippen LogP contribution in [-0.2, 0) is 13.2 Å². The van der Waals surface area contributed by atoms with Crippen LogP contribution in [0.1, 0.15) is 5.56 Å². The Morgan fingerprint density at radius 1 is 0.941 bits per heavy atom. The van der Waals surface area contributed by atoms with Crippen molar-refractivity contribution < 1.29 is 17.7 Å². The monoisotopic (exact) mass is 238 g/mol. The maximum absolute atomic E-state index is 12.5. The molecule has 1 aromatic carbocycles. The zero-order valence-corrected chi connectivity index (χ0v) is 9.20. The molecule has 0 bridgehead atoms. The molecule has 0 saturated heterocycles. The number of rotatable bonds is 1. The van der Waals surface area contributed by atoms with Crippen LogP contribution in [-0.4, -0.2) is 0 Å². The van der Waals surface area contributed by atoms with Gasteiger partial charge in [0.25, 0.3) is 0 Å². The van der Waals surface area contributed by atoms with Crippen LogP contribution in [0.15, 0.2) is 48.7 Å². The molecule has 1 nitrogen and oxygen atoms in total. The van der Waals surface area contributed by atoms with Gasteiger partial charge >= 0.3 is 6.18 Å². The van der Waals surface area contributed by atoms with E-state index >= 15 is 0 Å². The number of benzene rings is 1. The van der Waals surface area contributed by atoms with Crippen molar-refractivity contribution in [3.63, 3.8) is 0 Å². The first-order chi connectivity index (χ1) is 7.98. The largest absolute Gasteiger partial charge is 0.422 e. The molecule has 0 fully saturated rings. The molecule has 0 saturated carbocycles. The Labute approximate surface area is 97.1 Å². The summed E-state index contributed by atoms with van der Waals surface area (Å²) in [7, 11) is 1.61. The van der Waals surface area contributed by atoms with Gasteiger partial charge in [-0.15, -0.1) is 0 Å². The van der Waals surface area contributed by atoms with Crippen LogP contribution < -0.4 is 4.57 Å². The summed E-state index contributed by atoms with van der Waals surface area (Å²) in [5.74, 6) is 0. The van der Waals surface area contributed by atoms with Crippen molar-refractivity contribution in [3.8, 4) is 11.3 Å². The maximum Gasteiger partial charge on any atom is 0.422 e. The van der Waals surface area contributed by atoms with Crippen molar-refractivity contribution >= 4 is 0 Å². The fourth-order valence-corrected chi connectivity index (χ4v) is 1.68. The highest BCUT2D eigenvalue weighted by molar-refractivity contribution is 5.55. The molecule has 0 unspecified atom stereocenters. The second-order valence-corrected chi connectivity index (χ2v) is 3.78. The van der Waals surface area contributed by atoms with Gasteiger partial charge in [0, 0.05) is 11.6 Å². The lowest BCUT2D eigenvalue weighted by Gasteiger charge is -2.06. The predicted molar refractivity (Wildman–Crippen MR) is 58.1 cm³/mol. The second-order valence-electron chi connectivity index (χ2n) is 3.78. The molecule has 4 heteroatoms. The van der Waals surface area contributed by atoms with E-state index in [-0.39, 0.29) is 0 Å². The summed E-state index contributed by atoms with van der Waals surface area (Å²) in [6.07, 6.45) is -3.20. The van der Waals surface area contributed by atoms with E-state index in [1.165, 1.54) is 10.6 Å². The van der Waals surface area contributed by atoms with Crippen molar-refractivity contribution in [2.45, 2.75) is 6.18 Å². The molecule has 2 aromatic rings. The fourth-order valence-electron chi connectivity index (χ4n) is 1.68. The van der Waals surface area contributed by atoms with E-state index in [2.05, 4.69) is 0 Å². The van der Waals surface area contributed by atoms with Crippen LogP contribution in [0, 0.1) is 0 Å². The number of hydrogen-bond donors (Lipinski definition) is 0. The highest BCUT2D eigenvalue weighted by Gasteiger charge is 2.33. The first kappa shape index (κ1) is 11.6. The molecule has 0 amide bonds. The molecule has 0 radical (unpaired) electrons. The normalized spacial score (nSPS) is 11.5. The van der Waals surface area contributed by atoms with Gasteiger partial charge in [0.1, 0.15) is 12.6 Å². The third kappa shape index (κ3) is 2.46. The molecule has 0 spiro atoms. The van der Waals surface area contributed by atoms with E-state index in [1.54, 1.807) is 7.05 Å². The SMILES string of the molecule is C[n+]1cc(C(F)(F)F)ccc1-c1ccccc1. The number of pyridine rings is 1. The fraction of sp³-hybridized carbons (Fsp3) is 0.154. The van der Waals surface area contributed by atoms with E-state index < -0.39 is 11.7 Å². The molecule has 1 heterocycles. The Bertz CT molecular complexity index is 518. The van der Waals surface area contributed by atoms with Crippen LogP contribution >= 0.6 is 0 Å². The predicted octanol–water partition coefficient (Wildman–Crippen LogP) is 3.20. The number of alkyl halides is 3. The van der Waals surface area contributed by atoms with Crippen molar-refractivity contribution in [1.29, 1.82) is 0 Å². The summed E-state index contributed by atoms with van der Waals surface area (Å²) in [6, 6.07) is 11.9.